The summed E-state index contributed by atoms with van der Waals surface area (Å²) in [6.45, 7) is 0. The molecule has 2 nitrogen and oxygen atoms in total. The fourth-order valence-corrected chi connectivity index (χ4v) is 4.73. The first-order chi connectivity index (χ1) is 12.9. The van der Waals surface area contributed by atoms with Gasteiger partial charge in [0.25, 0.3) is 0 Å². The van der Waals surface area contributed by atoms with Gasteiger partial charge in [0.2, 0.25) is 0 Å². The van der Waals surface area contributed by atoms with Crippen molar-refractivity contribution in [2.75, 3.05) is 0 Å². The van der Waals surface area contributed by atoms with E-state index >= 15 is 0 Å². The molecule has 0 spiro atoms. The third-order valence-corrected chi connectivity index (χ3v) is 5.90. The predicted octanol–water partition coefficient (Wildman–Crippen LogP) is 6.14. The number of hydrogen-bond acceptors (Lipinski definition) is 0. The zero-order valence-electron chi connectivity index (χ0n) is 14.6. The minimum absolute atomic E-state index is 1.19. The maximum Gasteiger partial charge on any atom is 0.0548 e. The van der Waals surface area contributed by atoms with Crippen LogP contribution in [0.5, 0.6) is 0 Å². The van der Waals surface area contributed by atoms with Crippen molar-refractivity contribution in [1.82, 2.24) is 9.55 Å². The van der Waals surface area contributed by atoms with Crippen molar-refractivity contribution in [2.45, 2.75) is 25.7 Å². The molecule has 126 valence electrons. The van der Waals surface area contributed by atoms with Gasteiger partial charge in [0.05, 0.1) is 11.0 Å². The minimum Gasteiger partial charge on any atom is -0.358 e. The second-order valence-corrected chi connectivity index (χ2v) is 7.39. The fourth-order valence-electron chi connectivity index (χ4n) is 4.73. The van der Waals surface area contributed by atoms with Gasteiger partial charge in [-0.05, 0) is 61.6 Å². The monoisotopic (exact) mass is 336 g/mol. The molecular weight excluding hydrogens is 316 g/mol. The summed E-state index contributed by atoms with van der Waals surface area (Å²) in [6.07, 6.45) is 5.00. The number of H-pyrrole nitrogens is 1. The van der Waals surface area contributed by atoms with Crippen LogP contribution in [0.1, 0.15) is 24.1 Å². The highest BCUT2D eigenvalue weighted by molar-refractivity contribution is 6.13. The van der Waals surface area contributed by atoms with Crippen LogP contribution >= 0.6 is 0 Å². The number of aromatic amines is 1. The molecule has 0 fully saturated rings. The van der Waals surface area contributed by atoms with E-state index in [1.54, 1.807) is 0 Å². The molecule has 1 aliphatic rings. The third kappa shape index (κ3) is 1.87. The molecule has 0 aliphatic heterocycles. The normalized spacial score (nSPS) is 14.3. The van der Waals surface area contributed by atoms with Gasteiger partial charge < -0.3 is 9.55 Å². The summed E-state index contributed by atoms with van der Waals surface area (Å²) in [6, 6.07) is 24.2. The number of hydrogen-bond donors (Lipinski definition) is 1. The maximum atomic E-state index is 3.71. The van der Waals surface area contributed by atoms with Crippen LogP contribution < -0.4 is 0 Å². The number of benzene rings is 3. The molecule has 26 heavy (non-hydrogen) atoms. The van der Waals surface area contributed by atoms with Crippen molar-refractivity contribution in [3.63, 3.8) is 0 Å². The highest BCUT2D eigenvalue weighted by atomic mass is 15.0. The van der Waals surface area contributed by atoms with Gasteiger partial charge in [-0.15, -0.1) is 0 Å². The van der Waals surface area contributed by atoms with E-state index in [0.717, 1.165) is 0 Å². The zero-order chi connectivity index (χ0) is 17.1. The Morgan fingerprint density at radius 3 is 2.42 bits per heavy atom. The second-order valence-electron chi connectivity index (χ2n) is 7.39. The molecule has 0 saturated carbocycles. The van der Waals surface area contributed by atoms with Gasteiger partial charge >= 0.3 is 0 Å². The third-order valence-electron chi connectivity index (χ3n) is 5.90. The molecule has 1 aliphatic carbocycles. The van der Waals surface area contributed by atoms with E-state index in [2.05, 4.69) is 76.3 Å². The number of nitrogens with one attached hydrogen (secondary N) is 1. The van der Waals surface area contributed by atoms with Crippen LogP contribution in [-0.2, 0) is 12.8 Å². The van der Waals surface area contributed by atoms with Gasteiger partial charge in [0.1, 0.15) is 0 Å². The molecule has 0 radical (unpaired) electrons. The summed E-state index contributed by atoms with van der Waals surface area (Å²) in [7, 11) is 0. The number of nitrogens with zero attached hydrogens (tertiary/aromatic N) is 1. The molecule has 1 N–H and O–H groups in total. The second kappa shape index (κ2) is 5.25. The molecule has 0 unspecified atom stereocenters. The van der Waals surface area contributed by atoms with E-state index in [1.807, 2.05) is 0 Å². The number of aryl methyl sites for hydroxylation is 2. The molecule has 2 aromatic heterocycles. The standard InChI is InChI=1S/C24H20N2/c1-2-8-16(9-3-1)26-23-13-7-5-11-18(23)20-14-22-19(15-24(20)26)17-10-4-6-12-21(17)25-22/h1-3,5,7-9,11,13-15,25H,4,6,10,12H2. The minimum atomic E-state index is 1.19. The van der Waals surface area contributed by atoms with Gasteiger partial charge in [-0.3, -0.25) is 0 Å². The van der Waals surface area contributed by atoms with Crippen molar-refractivity contribution in [2.24, 2.45) is 0 Å². The maximum absolute atomic E-state index is 3.71. The summed E-state index contributed by atoms with van der Waals surface area (Å²) >= 11 is 0. The van der Waals surface area contributed by atoms with Gasteiger partial charge in [0, 0.05) is 33.1 Å². The Morgan fingerprint density at radius 2 is 1.50 bits per heavy atom. The molecule has 3 aromatic carbocycles. The Morgan fingerprint density at radius 1 is 0.692 bits per heavy atom. The lowest BCUT2D eigenvalue weighted by molar-refractivity contribution is 0.680. The van der Waals surface area contributed by atoms with Crippen LogP contribution in [0.3, 0.4) is 0 Å². The first-order valence-electron chi connectivity index (χ1n) is 9.52. The molecule has 5 aromatic rings. The molecule has 0 amide bonds. The van der Waals surface area contributed by atoms with Gasteiger partial charge in [0.15, 0.2) is 0 Å². The van der Waals surface area contributed by atoms with Gasteiger partial charge in [-0.25, -0.2) is 0 Å². The summed E-state index contributed by atoms with van der Waals surface area (Å²) in [5.74, 6) is 0. The Labute approximate surface area is 152 Å². The Balaban J connectivity index is 1.79. The number of rotatable bonds is 1. The predicted molar refractivity (Wildman–Crippen MR) is 109 cm³/mol. The lowest BCUT2D eigenvalue weighted by Gasteiger charge is -2.11. The zero-order valence-corrected chi connectivity index (χ0v) is 14.6. The van der Waals surface area contributed by atoms with Crippen LogP contribution in [0.2, 0.25) is 0 Å². The smallest absolute Gasteiger partial charge is 0.0548 e. The molecule has 6 rings (SSSR count). The van der Waals surface area contributed by atoms with E-state index in [-0.39, 0.29) is 0 Å². The average Bonchev–Trinajstić information content (AvgIpc) is 3.22. The molecular formula is C24H20N2. The lowest BCUT2D eigenvalue weighted by atomic mass is 9.95. The van der Waals surface area contributed by atoms with Crippen LogP contribution in [0, 0.1) is 0 Å². The van der Waals surface area contributed by atoms with E-state index in [9.17, 15) is 0 Å². The first kappa shape index (κ1) is 14.2. The fraction of sp³-hybridized carbons (Fsp3) is 0.167. The van der Waals surface area contributed by atoms with Crippen molar-refractivity contribution in [3.05, 3.63) is 78.0 Å². The topological polar surface area (TPSA) is 20.7 Å². The summed E-state index contributed by atoms with van der Waals surface area (Å²) < 4.78 is 2.41. The van der Waals surface area contributed by atoms with Crippen LogP contribution in [0.25, 0.3) is 38.4 Å². The van der Waals surface area contributed by atoms with Gasteiger partial charge in [-0.2, -0.15) is 0 Å². The summed E-state index contributed by atoms with van der Waals surface area (Å²) in [5, 5.41) is 4.06. The Bertz CT molecular complexity index is 1270. The number of para-hydroxylation sites is 2. The van der Waals surface area contributed by atoms with Crippen molar-refractivity contribution < 1.29 is 0 Å². The number of fused-ring (bicyclic) bond motifs is 6. The van der Waals surface area contributed by atoms with Crippen LogP contribution in [0.4, 0.5) is 0 Å². The first-order valence-corrected chi connectivity index (χ1v) is 9.52. The van der Waals surface area contributed by atoms with Crippen molar-refractivity contribution in [3.8, 4) is 5.69 Å². The van der Waals surface area contributed by atoms with E-state index < -0.39 is 0 Å². The van der Waals surface area contributed by atoms with E-state index in [0.29, 0.717) is 0 Å². The van der Waals surface area contributed by atoms with E-state index in [4.69, 9.17) is 0 Å². The Kier molecular flexibility index (Phi) is 2.87. The molecule has 0 atom stereocenters. The van der Waals surface area contributed by atoms with Crippen LogP contribution in [-0.4, -0.2) is 9.55 Å². The SMILES string of the molecule is c1ccc(-n2c3ccccc3c3cc4[nH]c5c(c4cc32)CCCC5)cc1. The lowest BCUT2D eigenvalue weighted by Crippen LogP contribution is -2.00. The van der Waals surface area contributed by atoms with E-state index in [1.165, 1.54) is 75.3 Å². The highest BCUT2D eigenvalue weighted by Gasteiger charge is 2.18. The highest BCUT2D eigenvalue weighted by Crippen LogP contribution is 2.37. The molecule has 2 heteroatoms. The van der Waals surface area contributed by atoms with Gasteiger partial charge in [-0.1, -0.05) is 36.4 Å². The number of aromatic nitrogens is 2. The Hall–Kier alpha value is -3.00. The van der Waals surface area contributed by atoms with Crippen LogP contribution in [0.15, 0.2) is 66.7 Å². The quantitative estimate of drug-likeness (QED) is 0.379. The van der Waals surface area contributed by atoms with Crippen molar-refractivity contribution >= 4 is 32.7 Å². The molecule has 0 bridgehead atoms. The summed E-state index contributed by atoms with van der Waals surface area (Å²) in [5.41, 5.74) is 8.09. The van der Waals surface area contributed by atoms with Crippen molar-refractivity contribution in [1.29, 1.82) is 0 Å². The average molecular weight is 336 g/mol. The molecule has 2 heterocycles. The molecule has 0 saturated heterocycles. The summed E-state index contributed by atoms with van der Waals surface area (Å²) in [4.78, 5) is 3.71. The largest absolute Gasteiger partial charge is 0.358 e.